The number of amides is 1. The van der Waals surface area contributed by atoms with Gasteiger partial charge in [0.05, 0.1) is 12.7 Å². The van der Waals surface area contributed by atoms with Crippen LogP contribution < -0.4 is 9.64 Å². The fourth-order valence-corrected chi connectivity index (χ4v) is 4.33. The Balaban J connectivity index is 1.46. The predicted molar refractivity (Wildman–Crippen MR) is 113 cm³/mol. The lowest BCUT2D eigenvalue weighted by molar-refractivity contribution is 0.0762. The van der Waals surface area contributed by atoms with Crippen LogP contribution in [0.1, 0.15) is 16.9 Å². The van der Waals surface area contributed by atoms with E-state index in [-0.39, 0.29) is 11.7 Å². The molecule has 2 heterocycles. The van der Waals surface area contributed by atoms with Gasteiger partial charge in [-0.25, -0.2) is 9.37 Å². The lowest BCUT2D eigenvalue weighted by atomic mass is 10.2. The van der Waals surface area contributed by atoms with Crippen molar-refractivity contribution < 1.29 is 13.9 Å². The highest BCUT2D eigenvalue weighted by molar-refractivity contribution is 7.13. The lowest BCUT2D eigenvalue weighted by Crippen LogP contribution is -2.35. The maximum atomic E-state index is 13.2. The highest BCUT2D eigenvalue weighted by atomic mass is 32.1. The number of methoxy groups -OCH3 is 1. The Morgan fingerprint density at radius 2 is 1.86 bits per heavy atom. The number of carbonyl (C=O) groups is 1. The van der Waals surface area contributed by atoms with E-state index in [0.717, 1.165) is 35.0 Å². The molecule has 0 aliphatic carbocycles. The zero-order valence-electron chi connectivity index (χ0n) is 16.2. The number of ether oxygens (including phenoxy) is 1. The molecule has 0 spiro atoms. The van der Waals surface area contributed by atoms with E-state index in [1.54, 1.807) is 19.2 Å². The van der Waals surface area contributed by atoms with Gasteiger partial charge < -0.3 is 14.5 Å². The third kappa shape index (κ3) is 4.24. The minimum Gasteiger partial charge on any atom is -0.496 e. The standard InChI is InChI=1S/C22H22FN3O2S/c1-28-20-6-3-2-5-18(20)21-24-19(15-29-21)22(27)26-12-4-11-25(13-14-26)17-9-7-16(23)8-10-17/h2-3,5-10,15H,4,11-14H2,1H3. The molecule has 1 saturated heterocycles. The van der Waals surface area contributed by atoms with Crippen molar-refractivity contribution in [2.24, 2.45) is 0 Å². The molecule has 150 valence electrons. The SMILES string of the molecule is COc1ccccc1-c1nc(C(=O)N2CCCN(c3ccc(F)cc3)CC2)cs1. The number of benzene rings is 2. The molecule has 0 unspecified atom stereocenters. The second-order valence-electron chi connectivity index (χ2n) is 6.85. The minimum atomic E-state index is -0.241. The predicted octanol–water partition coefficient (Wildman–Crippen LogP) is 4.31. The van der Waals surface area contributed by atoms with Gasteiger partial charge in [0.25, 0.3) is 5.91 Å². The first kappa shape index (κ1) is 19.4. The molecule has 0 N–H and O–H groups in total. The molecule has 1 amide bonds. The number of hydrogen-bond donors (Lipinski definition) is 0. The molecule has 1 aromatic heterocycles. The molecular formula is C22H22FN3O2S. The van der Waals surface area contributed by atoms with Crippen molar-refractivity contribution >= 4 is 22.9 Å². The average Bonchev–Trinajstić information content (AvgIpc) is 3.12. The summed E-state index contributed by atoms with van der Waals surface area (Å²) in [5, 5.41) is 2.58. The van der Waals surface area contributed by atoms with Crippen molar-refractivity contribution in [3.63, 3.8) is 0 Å². The second-order valence-corrected chi connectivity index (χ2v) is 7.71. The molecule has 29 heavy (non-hydrogen) atoms. The van der Waals surface area contributed by atoms with Crippen molar-refractivity contribution in [2.45, 2.75) is 6.42 Å². The molecule has 7 heteroatoms. The van der Waals surface area contributed by atoms with Gasteiger partial charge in [-0.2, -0.15) is 0 Å². The van der Waals surface area contributed by atoms with Gasteiger partial charge in [0.15, 0.2) is 0 Å². The Morgan fingerprint density at radius 1 is 1.07 bits per heavy atom. The zero-order valence-corrected chi connectivity index (χ0v) is 17.0. The number of para-hydroxylation sites is 1. The third-order valence-electron chi connectivity index (χ3n) is 5.04. The molecule has 2 aromatic carbocycles. The topological polar surface area (TPSA) is 45.7 Å². The number of aromatic nitrogens is 1. The van der Waals surface area contributed by atoms with Crippen LogP contribution in [0.5, 0.6) is 5.75 Å². The molecule has 0 atom stereocenters. The van der Waals surface area contributed by atoms with Crippen LogP contribution in [0.4, 0.5) is 10.1 Å². The highest BCUT2D eigenvalue weighted by Gasteiger charge is 2.23. The van der Waals surface area contributed by atoms with Crippen molar-refractivity contribution in [1.82, 2.24) is 9.88 Å². The molecule has 0 saturated carbocycles. The molecule has 0 radical (unpaired) electrons. The first-order valence-electron chi connectivity index (χ1n) is 9.54. The van der Waals surface area contributed by atoms with Crippen molar-refractivity contribution in [3.8, 4) is 16.3 Å². The number of carbonyl (C=O) groups excluding carboxylic acids is 1. The van der Waals surface area contributed by atoms with Crippen LogP contribution >= 0.6 is 11.3 Å². The first-order chi connectivity index (χ1) is 14.2. The van der Waals surface area contributed by atoms with Crippen LogP contribution in [-0.4, -0.2) is 49.1 Å². The molecule has 0 bridgehead atoms. The number of thiazole rings is 1. The smallest absolute Gasteiger partial charge is 0.273 e. The molecular weight excluding hydrogens is 389 g/mol. The van der Waals surface area contributed by atoms with E-state index in [2.05, 4.69) is 9.88 Å². The summed E-state index contributed by atoms with van der Waals surface area (Å²) in [4.78, 5) is 21.6. The van der Waals surface area contributed by atoms with Gasteiger partial charge in [-0.05, 0) is 42.8 Å². The summed E-state index contributed by atoms with van der Waals surface area (Å²) >= 11 is 1.44. The maximum absolute atomic E-state index is 13.2. The van der Waals surface area contributed by atoms with Crippen LogP contribution in [-0.2, 0) is 0 Å². The Kier molecular flexibility index (Phi) is 5.76. The molecule has 3 aromatic rings. The zero-order chi connectivity index (χ0) is 20.2. The van der Waals surface area contributed by atoms with Crippen LogP contribution in [0.25, 0.3) is 10.6 Å². The fraction of sp³-hybridized carbons (Fsp3) is 0.273. The molecule has 1 aliphatic rings. The number of rotatable bonds is 4. The molecule has 4 rings (SSSR count). The largest absolute Gasteiger partial charge is 0.496 e. The Bertz CT molecular complexity index is 990. The fourth-order valence-electron chi connectivity index (χ4n) is 3.51. The van der Waals surface area contributed by atoms with Crippen molar-refractivity contribution in [3.05, 3.63) is 65.4 Å². The number of anilines is 1. The third-order valence-corrected chi connectivity index (χ3v) is 5.91. The number of nitrogens with zero attached hydrogens (tertiary/aromatic N) is 3. The van der Waals surface area contributed by atoms with Gasteiger partial charge in [-0.15, -0.1) is 11.3 Å². The number of halogens is 1. The first-order valence-corrected chi connectivity index (χ1v) is 10.4. The van der Waals surface area contributed by atoms with Crippen LogP contribution in [0, 0.1) is 5.82 Å². The summed E-state index contributed by atoms with van der Waals surface area (Å²) < 4.78 is 18.6. The van der Waals surface area contributed by atoms with E-state index in [1.165, 1.54) is 23.5 Å². The Labute approximate surface area is 173 Å². The van der Waals surface area contributed by atoms with Gasteiger partial charge in [0, 0.05) is 37.2 Å². The summed E-state index contributed by atoms with van der Waals surface area (Å²) in [6, 6.07) is 14.2. The van der Waals surface area contributed by atoms with Gasteiger partial charge in [0.2, 0.25) is 0 Å². The van der Waals surface area contributed by atoms with Gasteiger partial charge >= 0.3 is 0 Å². The summed E-state index contributed by atoms with van der Waals surface area (Å²) in [6.07, 6.45) is 0.854. The minimum absolute atomic E-state index is 0.0524. The van der Waals surface area contributed by atoms with E-state index >= 15 is 0 Å². The van der Waals surface area contributed by atoms with Gasteiger partial charge in [-0.1, -0.05) is 12.1 Å². The van der Waals surface area contributed by atoms with Crippen LogP contribution in [0.15, 0.2) is 53.9 Å². The van der Waals surface area contributed by atoms with Crippen molar-refractivity contribution in [1.29, 1.82) is 0 Å². The maximum Gasteiger partial charge on any atom is 0.273 e. The summed E-state index contributed by atoms with van der Waals surface area (Å²) in [5.74, 6) is 0.448. The highest BCUT2D eigenvalue weighted by Crippen LogP contribution is 2.32. The van der Waals surface area contributed by atoms with Gasteiger partial charge in [-0.3, -0.25) is 4.79 Å². The molecule has 5 nitrogen and oxygen atoms in total. The van der Waals surface area contributed by atoms with Gasteiger partial charge in [0.1, 0.15) is 22.3 Å². The van der Waals surface area contributed by atoms with E-state index in [4.69, 9.17) is 4.74 Å². The summed E-state index contributed by atoms with van der Waals surface area (Å²) in [5.41, 5.74) is 2.33. The normalized spacial score (nSPS) is 14.6. The van der Waals surface area contributed by atoms with E-state index in [0.29, 0.717) is 25.3 Å². The van der Waals surface area contributed by atoms with E-state index in [9.17, 15) is 9.18 Å². The van der Waals surface area contributed by atoms with Crippen LogP contribution in [0.2, 0.25) is 0 Å². The van der Waals surface area contributed by atoms with E-state index < -0.39 is 0 Å². The Morgan fingerprint density at radius 3 is 2.66 bits per heavy atom. The quantitative estimate of drug-likeness (QED) is 0.642. The van der Waals surface area contributed by atoms with Crippen LogP contribution in [0.3, 0.4) is 0 Å². The van der Waals surface area contributed by atoms with E-state index in [1.807, 2.05) is 34.5 Å². The lowest BCUT2D eigenvalue weighted by Gasteiger charge is -2.23. The second kappa shape index (κ2) is 8.61. The number of hydrogen-bond acceptors (Lipinski definition) is 5. The Hall–Kier alpha value is -2.93. The summed E-state index contributed by atoms with van der Waals surface area (Å²) in [7, 11) is 1.63. The summed E-state index contributed by atoms with van der Waals surface area (Å²) in [6.45, 7) is 2.83. The average molecular weight is 412 g/mol. The molecule has 1 fully saturated rings. The molecule has 1 aliphatic heterocycles. The van der Waals surface area contributed by atoms with Crippen molar-refractivity contribution in [2.75, 3.05) is 38.2 Å². The monoisotopic (exact) mass is 411 g/mol.